The molecule has 1 aliphatic heterocycles. The van der Waals surface area contributed by atoms with Gasteiger partial charge in [0.1, 0.15) is 6.61 Å². The topological polar surface area (TPSA) is 68.0 Å². The third-order valence-corrected chi connectivity index (χ3v) is 3.89. The Labute approximate surface area is 134 Å². The summed E-state index contributed by atoms with van der Waals surface area (Å²) in [6.45, 7) is 3.82. The molecule has 1 aromatic rings. The van der Waals surface area contributed by atoms with E-state index in [0.29, 0.717) is 12.2 Å². The van der Waals surface area contributed by atoms with Crippen molar-refractivity contribution >= 4 is 22.5 Å². The number of nitro groups is 1. The van der Waals surface area contributed by atoms with Gasteiger partial charge in [0.15, 0.2) is 5.17 Å². The molecule has 0 N–H and O–H groups in total. The third-order valence-electron chi connectivity index (χ3n) is 3.60. The molecule has 0 bridgehead atoms. The maximum absolute atomic E-state index is 10.7. The zero-order valence-electron chi connectivity index (χ0n) is 12.4. The largest absolute Gasteiger partial charge is 0.395 e. The van der Waals surface area contributed by atoms with Crippen LogP contribution in [0.4, 0.5) is 5.69 Å². The van der Waals surface area contributed by atoms with Crippen molar-refractivity contribution in [3.63, 3.8) is 0 Å². The van der Waals surface area contributed by atoms with Crippen LogP contribution in [0.25, 0.3) is 0 Å². The van der Waals surface area contributed by atoms with Gasteiger partial charge in [-0.05, 0) is 32.4 Å². The molecule has 1 fully saturated rings. The van der Waals surface area contributed by atoms with Gasteiger partial charge in [-0.3, -0.25) is 10.1 Å². The number of halogens is 1. The van der Waals surface area contributed by atoms with Crippen LogP contribution in [0.3, 0.4) is 0 Å². The second-order valence-electron chi connectivity index (χ2n) is 5.28. The highest BCUT2D eigenvalue weighted by molar-refractivity contribution is 6.69. The Balaban J connectivity index is 1.75. The summed E-state index contributed by atoms with van der Waals surface area (Å²) >= 11 is 6.00. The molecule has 7 heteroatoms. The normalized spacial score (nSPS) is 16.5. The van der Waals surface area contributed by atoms with Crippen LogP contribution in [-0.4, -0.2) is 41.2 Å². The summed E-state index contributed by atoms with van der Waals surface area (Å²) in [4.78, 5) is 17.9. The summed E-state index contributed by atoms with van der Waals surface area (Å²) in [5, 5.41) is 14.7. The summed E-state index contributed by atoms with van der Waals surface area (Å²) in [6.07, 6.45) is 4.77. The van der Waals surface area contributed by atoms with Crippen molar-refractivity contribution in [3.05, 3.63) is 39.9 Å². The fraction of sp³-hybridized carbons (Fsp3) is 0.533. The fourth-order valence-corrected chi connectivity index (χ4v) is 2.60. The molecule has 22 heavy (non-hydrogen) atoms. The molecule has 2 rings (SSSR count). The molecule has 0 saturated carbocycles. The molecule has 120 valence electrons. The van der Waals surface area contributed by atoms with Gasteiger partial charge in [-0.25, -0.2) is 0 Å². The molecule has 0 aromatic heterocycles. The maximum Gasteiger partial charge on any atom is 0.270 e. The molecule has 0 atom stereocenters. The van der Waals surface area contributed by atoms with E-state index in [2.05, 4.69) is 10.1 Å². The Hall–Kier alpha value is -1.66. The molecule has 6 nitrogen and oxygen atoms in total. The average Bonchev–Trinajstić information content (AvgIpc) is 2.55. The van der Waals surface area contributed by atoms with Gasteiger partial charge < -0.3 is 9.74 Å². The quantitative estimate of drug-likeness (QED) is 0.333. The van der Waals surface area contributed by atoms with E-state index in [9.17, 15) is 10.1 Å². The average molecular weight is 326 g/mol. The van der Waals surface area contributed by atoms with Crippen LogP contribution in [0, 0.1) is 10.1 Å². The Morgan fingerprint density at radius 2 is 2.14 bits per heavy atom. The number of oxime groups is 1. The van der Waals surface area contributed by atoms with Crippen LogP contribution in [0.5, 0.6) is 0 Å². The van der Waals surface area contributed by atoms with Gasteiger partial charge in [0.25, 0.3) is 5.69 Å². The number of nitro benzene ring substituents is 1. The zero-order chi connectivity index (χ0) is 15.8. The lowest BCUT2D eigenvalue weighted by Crippen LogP contribution is -2.31. The van der Waals surface area contributed by atoms with E-state index < -0.39 is 4.92 Å². The molecule has 1 aliphatic rings. The monoisotopic (exact) mass is 325 g/mol. The van der Waals surface area contributed by atoms with Crippen molar-refractivity contribution in [1.29, 1.82) is 0 Å². The number of non-ortho nitro benzene ring substituents is 1. The summed E-state index contributed by atoms with van der Waals surface area (Å²) < 4.78 is 0. The highest BCUT2D eigenvalue weighted by Gasteiger charge is 2.10. The minimum Gasteiger partial charge on any atom is -0.395 e. The minimum absolute atomic E-state index is 0.0176. The van der Waals surface area contributed by atoms with Gasteiger partial charge in [-0.15, -0.1) is 0 Å². The van der Waals surface area contributed by atoms with E-state index in [1.807, 2.05) is 0 Å². The lowest BCUT2D eigenvalue weighted by molar-refractivity contribution is -0.384. The van der Waals surface area contributed by atoms with E-state index in [4.69, 9.17) is 16.4 Å². The van der Waals surface area contributed by atoms with Crippen molar-refractivity contribution in [2.75, 3.05) is 26.2 Å². The van der Waals surface area contributed by atoms with E-state index in [-0.39, 0.29) is 10.9 Å². The van der Waals surface area contributed by atoms with Crippen molar-refractivity contribution in [1.82, 2.24) is 4.90 Å². The first-order chi connectivity index (χ1) is 10.7. The summed E-state index contributed by atoms with van der Waals surface area (Å²) in [5.74, 6) is 0. The molecular weight excluding hydrogens is 306 g/mol. The SMILES string of the molecule is O=[N+]([O-])c1cccc(/C(Cl)=N/OCCCN2CCCCC2)c1. The molecule has 0 amide bonds. The Kier molecular flexibility index (Phi) is 6.61. The smallest absolute Gasteiger partial charge is 0.270 e. The number of rotatable bonds is 7. The van der Waals surface area contributed by atoms with Gasteiger partial charge in [0.05, 0.1) is 4.92 Å². The molecule has 0 radical (unpaired) electrons. The number of nitrogens with zero attached hydrogens (tertiary/aromatic N) is 3. The first-order valence-corrected chi connectivity index (χ1v) is 7.87. The van der Waals surface area contributed by atoms with Crippen molar-refractivity contribution in [2.24, 2.45) is 5.16 Å². The molecule has 0 unspecified atom stereocenters. The summed E-state index contributed by atoms with van der Waals surface area (Å²) in [6, 6.07) is 6.02. The van der Waals surface area contributed by atoms with Crippen molar-refractivity contribution in [3.8, 4) is 0 Å². The van der Waals surface area contributed by atoms with Crippen LogP contribution in [0.15, 0.2) is 29.4 Å². The van der Waals surface area contributed by atoms with Gasteiger partial charge in [-0.2, -0.15) is 0 Å². The zero-order valence-corrected chi connectivity index (χ0v) is 13.2. The molecular formula is C15H20ClN3O3. The Morgan fingerprint density at radius 3 is 2.86 bits per heavy atom. The number of hydrogen-bond donors (Lipinski definition) is 0. The van der Waals surface area contributed by atoms with E-state index in [0.717, 1.165) is 26.1 Å². The van der Waals surface area contributed by atoms with Gasteiger partial charge in [-0.1, -0.05) is 35.3 Å². The predicted molar refractivity (Wildman–Crippen MR) is 86.3 cm³/mol. The highest BCUT2D eigenvalue weighted by atomic mass is 35.5. The van der Waals surface area contributed by atoms with Crippen molar-refractivity contribution < 1.29 is 9.76 Å². The molecule has 1 saturated heterocycles. The van der Waals surface area contributed by atoms with Crippen LogP contribution in [0.1, 0.15) is 31.2 Å². The Morgan fingerprint density at radius 1 is 1.36 bits per heavy atom. The second-order valence-corrected chi connectivity index (χ2v) is 5.64. The first-order valence-electron chi connectivity index (χ1n) is 7.49. The van der Waals surface area contributed by atoms with Crippen LogP contribution in [0.2, 0.25) is 0 Å². The van der Waals surface area contributed by atoms with E-state index in [1.165, 1.54) is 31.4 Å². The number of benzene rings is 1. The van der Waals surface area contributed by atoms with Crippen LogP contribution < -0.4 is 0 Å². The lowest BCUT2D eigenvalue weighted by atomic mass is 10.1. The van der Waals surface area contributed by atoms with E-state index in [1.54, 1.807) is 12.1 Å². The predicted octanol–water partition coefficient (Wildman–Crippen LogP) is 3.39. The molecule has 0 aliphatic carbocycles. The number of likely N-dealkylation sites (tertiary alicyclic amines) is 1. The van der Waals surface area contributed by atoms with Gasteiger partial charge >= 0.3 is 0 Å². The summed E-state index contributed by atoms with van der Waals surface area (Å²) in [7, 11) is 0. The molecule has 1 heterocycles. The van der Waals surface area contributed by atoms with Gasteiger partial charge in [0.2, 0.25) is 0 Å². The number of piperidine rings is 1. The highest BCUT2D eigenvalue weighted by Crippen LogP contribution is 2.15. The second kappa shape index (κ2) is 8.70. The van der Waals surface area contributed by atoms with Gasteiger partial charge in [0, 0.05) is 24.2 Å². The summed E-state index contributed by atoms with van der Waals surface area (Å²) in [5.41, 5.74) is 0.461. The van der Waals surface area contributed by atoms with Crippen LogP contribution in [-0.2, 0) is 4.84 Å². The van der Waals surface area contributed by atoms with Crippen molar-refractivity contribution in [2.45, 2.75) is 25.7 Å². The maximum atomic E-state index is 10.7. The lowest BCUT2D eigenvalue weighted by Gasteiger charge is -2.25. The number of hydrogen-bond acceptors (Lipinski definition) is 5. The minimum atomic E-state index is -0.465. The third kappa shape index (κ3) is 5.27. The van der Waals surface area contributed by atoms with Crippen LogP contribution >= 0.6 is 11.6 Å². The molecule has 0 spiro atoms. The molecule has 1 aromatic carbocycles. The standard InChI is InChI=1S/C15H20ClN3O3/c16-15(13-6-4-7-14(12-13)19(20)21)17-22-11-5-10-18-8-2-1-3-9-18/h4,6-7,12H,1-3,5,8-11H2/b17-15-. The first kappa shape index (κ1) is 16.7. The Bertz CT molecular complexity index is 531. The van der Waals surface area contributed by atoms with E-state index >= 15 is 0 Å². The fourth-order valence-electron chi connectivity index (χ4n) is 2.44.